The van der Waals surface area contributed by atoms with Gasteiger partial charge in [0.1, 0.15) is 0 Å². The quantitative estimate of drug-likeness (QED) is 0.559. The van der Waals surface area contributed by atoms with Crippen molar-refractivity contribution in [3.05, 3.63) is 70.3 Å². The number of unbranched alkanes of at least 4 members (excludes halogenated alkanes) is 1. The van der Waals surface area contributed by atoms with Gasteiger partial charge < -0.3 is 4.90 Å². The summed E-state index contributed by atoms with van der Waals surface area (Å²) in [6, 6.07) is 17.1. The second kappa shape index (κ2) is 7.43. The molecule has 110 valence electrons. The van der Waals surface area contributed by atoms with Crippen molar-refractivity contribution in [1.29, 1.82) is 0 Å². The molecule has 0 aliphatic heterocycles. The molecule has 0 atom stereocenters. The van der Waals surface area contributed by atoms with Crippen molar-refractivity contribution in [3.63, 3.8) is 0 Å². The van der Waals surface area contributed by atoms with Gasteiger partial charge in [-0.05, 0) is 24.1 Å². The molecule has 0 N–H and O–H groups in total. The molecule has 0 aliphatic carbocycles. The Hall–Kier alpha value is -2.36. The molecule has 4 heteroatoms. The number of rotatable bonds is 7. The topological polar surface area (TPSA) is 46.4 Å². The van der Waals surface area contributed by atoms with Crippen molar-refractivity contribution >= 4 is 11.4 Å². The predicted molar refractivity (Wildman–Crippen MR) is 85.5 cm³/mol. The van der Waals surface area contributed by atoms with Gasteiger partial charge in [0.05, 0.1) is 4.92 Å². The van der Waals surface area contributed by atoms with Gasteiger partial charge in [-0.1, -0.05) is 43.7 Å². The summed E-state index contributed by atoms with van der Waals surface area (Å²) in [5.41, 5.74) is 2.40. The van der Waals surface area contributed by atoms with Crippen LogP contribution in [0.4, 0.5) is 11.4 Å². The van der Waals surface area contributed by atoms with Crippen molar-refractivity contribution in [2.75, 3.05) is 11.4 Å². The molecule has 0 aromatic heterocycles. The molecular weight excluding hydrogens is 264 g/mol. The number of hydrogen-bond donors (Lipinski definition) is 0. The zero-order valence-corrected chi connectivity index (χ0v) is 12.2. The number of nitro benzene ring substituents is 1. The highest BCUT2D eigenvalue weighted by atomic mass is 16.6. The van der Waals surface area contributed by atoms with Crippen molar-refractivity contribution in [2.45, 2.75) is 26.3 Å². The molecule has 21 heavy (non-hydrogen) atoms. The predicted octanol–water partition coefficient (Wildman–Crippen LogP) is 4.40. The maximum Gasteiger partial charge on any atom is 0.269 e. The molecule has 0 amide bonds. The number of nitrogens with zero attached hydrogens (tertiary/aromatic N) is 2. The molecular formula is C17H20N2O2. The Morgan fingerprint density at radius 2 is 1.71 bits per heavy atom. The third-order valence-electron chi connectivity index (χ3n) is 3.42. The van der Waals surface area contributed by atoms with Crippen LogP contribution in [0.2, 0.25) is 0 Å². The number of anilines is 1. The zero-order valence-electron chi connectivity index (χ0n) is 12.2. The Morgan fingerprint density at radius 3 is 2.29 bits per heavy atom. The molecule has 0 radical (unpaired) electrons. The first-order valence-electron chi connectivity index (χ1n) is 7.24. The van der Waals surface area contributed by atoms with Gasteiger partial charge in [0, 0.05) is 30.9 Å². The first-order chi connectivity index (χ1) is 10.2. The summed E-state index contributed by atoms with van der Waals surface area (Å²) in [6.45, 7) is 3.93. The highest BCUT2D eigenvalue weighted by molar-refractivity contribution is 5.51. The van der Waals surface area contributed by atoms with E-state index in [1.165, 1.54) is 5.56 Å². The lowest BCUT2D eigenvalue weighted by molar-refractivity contribution is -0.384. The van der Waals surface area contributed by atoms with Gasteiger partial charge in [-0.25, -0.2) is 0 Å². The molecule has 2 aromatic carbocycles. The summed E-state index contributed by atoms with van der Waals surface area (Å²) in [5.74, 6) is 0. The van der Waals surface area contributed by atoms with E-state index in [1.807, 2.05) is 30.3 Å². The maximum atomic E-state index is 10.7. The van der Waals surface area contributed by atoms with Crippen molar-refractivity contribution in [3.8, 4) is 0 Å². The molecule has 0 fully saturated rings. The van der Waals surface area contributed by atoms with Crippen LogP contribution in [0.3, 0.4) is 0 Å². The molecule has 0 saturated heterocycles. The van der Waals surface area contributed by atoms with Crippen LogP contribution in [0.1, 0.15) is 25.3 Å². The van der Waals surface area contributed by atoms with Crippen LogP contribution in [-0.4, -0.2) is 11.5 Å². The van der Waals surface area contributed by atoms with Gasteiger partial charge in [-0.2, -0.15) is 0 Å². The van der Waals surface area contributed by atoms with E-state index < -0.39 is 0 Å². The van der Waals surface area contributed by atoms with E-state index in [0.29, 0.717) is 0 Å². The third kappa shape index (κ3) is 4.31. The summed E-state index contributed by atoms with van der Waals surface area (Å²) in [7, 11) is 0. The highest BCUT2D eigenvalue weighted by Gasteiger charge is 2.10. The average Bonchev–Trinajstić information content (AvgIpc) is 2.52. The lowest BCUT2D eigenvalue weighted by Gasteiger charge is -2.25. The van der Waals surface area contributed by atoms with Crippen LogP contribution < -0.4 is 4.90 Å². The van der Waals surface area contributed by atoms with Gasteiger partial charge in [0.25, 0.3) is 5.69 Å². The van der Waals surface area contributed by atoms with Crippen molar-refractivity contribution in [2.24, 2.45) is 0 Å². The second-order valence-electron chi connectivity index (χ2n) is 5.03. The summed E-state index contributed by atoms with van der Waals surface area (Å²) >= 11 is 0. The maximum absolute atomic E-state index is 10.7. The van der Waals surface area contributed by atoms with Crippen LogP contribution in [0.15, 0.2) is 54.6 Å². The number of non-ortho nitro benzene ring substituents is 1. The van der Waals surface area contributed by atoms with Gasteiger partial charge in [0.2, 0.25) is 0 Å². The van der Waals surface area contributed by atoms with Crippen LogP contribution in [0.5, 0.6) is 0 Å². The molecule has 4 nitrogen and oxygen atoms in total. The highest BCUT2D eigenvalue weighted by Crippen LogP contribution is 2.21. The standard InChI is InChI=1S/C17H20N2O2/c1-2-3-13-18(14-15-7-5-4-6-8-15)16-9-11-17(12-10-16)19(20)21/h4-12H,2-3,13-14H2,1H3. The smallest absolute Gasteiger partial charge is 0.269 e. The molecule has 0 spiro atoms. The van der Waals surface area contributed by atoms with Gasteiger partial charge >= 0.3 is 0 Å². The Kier molecular flexibility index (Phi) is 5.32. The SMILES string of the molecule is CCCCN(Cc1ccccc1)c1ccc([N+](=O)[O-])cc1. The number of hydrogen-bond acceptors (Lipinski definition) is 3. The fourth-order valence-corrected chi connectivity index (χ4v) is 2.24. The molecule has 0 unspecified atom stereocenters. The van der Waals surface area contributed by atoms with Crippen molar-refractivity contribution < 1.29 is 4.92 Å². The largest absolute Gasteiger partial charge is 0.367 e. The van der Waals surface area contributed by atoms with Crippen LogP contribution >= 0.6 is 0 Å². The Morgan fingerprint density at radius 1 is 1.05 bits per heavy atom. The zero-order chi connectivity index (χ0) is 15.1. The summed E-state index contributed by atoms with van der Waals surface area (Å²) in [4.78, 5) is 12.6. The van der Waals surface area contributed by atoms with Crippen LogP contribution in [0, 0.1) is 10.1 Å². The van der Waals surface area contributed by atoms with E-state index in [9.17, 15) is 10.1 Å². The molecule has 2 aromatic rings. The molecule has 2 rings (SSSR count). The summed E-state index contributed by atoms with van der Waals surface area (Å²) < 4.78 is 0. The summed E-state index contributed by atoms with van der Waals surface area (Å²) in [5, 5.41) is 10.7. The molecule has 0 saturated carbocycles. The second-order valence-corrected chi connectivity index (χ2v) is 5.03. The molecule has 0 aliphatic rings. The minimum atomic E-state index is -0.364. The van der Waals surface area contributed by atoms with Gasteiger partial charge in [0.15, 0.2) is 0 Å². The first-order valence-corrected chi connectivity index (χ1v) is 7.24. The minimum Gasteiger partial charge on any atom is -0.367 e. The van der Waals surface area contributed by atoms with Crippen molar-refractivity contribution in [1.82, 2.24) is 0 Å². The van der Waals surface area contributed by atoms with Crippen LogP contribution in [-0.2, 0) is 6.54 Å². The van der Waals surface area contributed by atoms with Gasteiger partial charge in [-0.3, -0.25) is 10.1 Å². The Labute approximate surface area is 125 Å². The average molecular weight is 284 g/mol. The van der Waals surface area contributed by atoms with E-state index in [1.54, 1.807) is 12.1 Å². The van der Waals surface area contributed by atoms with E-state index in [-0.39, 0.29) is 10.6 Å². The fourth-order valence-electron chi connectivity index (χ4n) is 2.24. The number of nitro groups is 1. The fraction of sp³-hybridized carbons (Fsp3) is 0.294. The summed E-state index contributed by atoms with van der Waals surface area (Å²) in [6.07, 6.45) is 2.22. The van der Waals surface area contributed by atoms with E-state index in [2.05, 4.69) is 24.0 Å². The molecule has 0 bridgehead atoms. The lowest BCUT2D eigenvalue weighted by Crippen LogP contribution is -2.23. The monoisotopic (exact) mass is 284 g/mol. The lowest BCUT2D eigenvalue weighted by atomic mass is 10.1. The molecule has 0 heterocycles. The van der Waals surface area contributed by atoms with Crippen LogP contribution in [0.25, 0.3) is 0 Å². The third-order valence-corrected chi connectivity index (χ3v) is 3.42. The van der Waals surface area contributed by atoms with Gasteiger partial charge in [-0.15, -0.1) is 0 Å². The normalized spacial score (nSPS) is 10.3. The Bertz CT molecular complexity index is 567. The van der Waals surface area contributed by atoms with E-state index >= 15 is 0 Å². The Balaban J connectivity index is 2.16. The minimum absolute atomic E-state index is 0.133. The number of benzene rings is 2. The van der Waals surface area contributed by atoms with E-state index in [0.717, 1.165) is 31.6 Å². The first kappa shape index (κ1) is 15.0. The van der Waals surface area contributed by atoms with E-state index in [4.69, 9.17) is 0 Å².